The van der Waals surface area contributed by atoms with Gasteiger partial charge in [-0.2, -0.15) is 11.1 Å². The van der Waals surface area contributed by atoms with E-state index in [1.165, 1.54) is 12.8 Å². The fourth-order valence-corrected chi connectivity index (χ4v) is 9.96. The van der Waals surface area contributed by atoms with E-state index in [1.807, 2.05) is 0 Å². The summed E-state index contributed by atoms with van der Waals surface area (Å²) in [5, 5.41) is 0.305. The third-order valence-electron chi connectivity index (χ3n) is 5.09. The zero-order valence-electron chi connectivity index (χ0n) is 12.5. The minimum Gasteiger partial charge on any atom is -0.166 e. The number of rotatable bonds is 6. The highest BCUT2D eigenvalue weighted by Crippen LogP contribution is 2.58. The summed E-state index contributed by atoms with van der Waals surface area (Å²) in [4.78, 5) is 0. The summed E-state index contributed by atoms with van der Waals surface area (Å²) < 4.78 is 0. The Kier molecular flexibility index (Phi) is 6.09. The Labute approximate surface area is 109 Å². The molecule has 0 heterocycles. The second-order valence-electron chi connectivity index (χ2n) is 6.26. The van der Waals surface area contributed by atoms with Crippen molar-refractivity contribution in [2.75, 3.05) is 0 Å². The fraction of sp³-hybridized carbons (Fsp3) is 1.00. The monoisotopic (exact) mass is 262 g/mol. The van der Waals surface area contributed by atoms with E-state index in [9.17, 15) is 0 Å². The van der Waals surface area contributed by atoms with Crippen LogP contribution in [-0.2, 0) is 0 Å². The first kappa shape index (κ1) is 16.5. The molecule has 0 aromatic rings. The van der Waals surface area contributed by atoms with Gasteiger partial charge in [-0.1, -0.05) is 68.2 Å². The van der Waals surface area contributed by atoms with E-state index in [0.29, 0.717) is 22.0 Å². The summed E-state index contributed by atoms with van der Waals surface area (Å²) in [5.74, 6) is 0.666. The molecule has 0 saturated heterocycles. The van der Waals surface area contributed by atoms with E-state index in [2.05, 4.69) is 55.4 Å². The second kappa shape index (κ2) is 5.91. The lowest BCUT2D eigenvalue weighted by molar-refractivity contribution is 0.444. The number of hydrogen-bond acceptors (Lipinski definition) is 0. The van der Waals surface area contributed by atoms with Gasteiger partial charge < -0.3 is 0 Å². The summed E-state index contributed by atoms with van der Waals surface area (Å²) in [5.41, 5.74) is 1.39. The molecule has 2 unspecified atom stereocenters. The van der Waals surface area contributed by atoms with Crippen LogP contribution >= 0.6 is 11.1 Å². The second-order valence-corrected chi connectivity index (χ2v) is 12.9. The topological polar surface area (TPSA) is 0 Å². The average molecular weight is 263 g/mol. The SMILES string of the molecule is CCC(C)[Si](Cl)(C(C)CC)C(C)(C)C(C)C. The summed E-state index contributed by atoms with van der Waals surface area (Å²) in [6.45, 7) is 18.8. The predicted molar refractivity (Wildman–Crippen MR) is 79.9 cm³/mol. The molecule has 0 rings (SSSR count). The number of halogens is 1. The lowest BCUT2D eigenvalue weighted by Crippen LogP contribution is -2.49. The van der Waals surface area contributed by atoms with Crippen molar-refractivity contribution in [1.29, 1.82) is 0 Å². The Bertz CT molecular complexity index is 201. The van der Waals surface area contributed by atoms with Crippen LogP contribution in [0.5, 0.6) is 0 Å². The third-order valence-corrected chi connectivity index (χ3v) is 15.0. The molecule has 0 bridgehead atoms. The van der Waals surface area contributed by atoms with Gasteiger partial charge in [-0.15, -0.1) is 0 Å². The lowest BCUT2D eigenvalue weighted by atomic mass is 9.99. The van der Waals surface area contributed by atoms with E-state index in [-0.39, 0.29) is 0 Å². The van der Waals surface area contributed by atoms with Gasteiger partial charge in [0.15, 0.2) is 7.38 Å². The van der Waals surface area contributed by atoms with Crippen LogP contribution in [0.1, 0.15) is 68.2 Å². The van der Waals surface area contributed by atoms with Crippen molar-refractivity contribution in [1.82, 2.24) is 0 Å². The van der Waals surface area contributed by atoms with E-state index in [4.69, 9.17) is 11.1 Å². The minimum absolute atomic E-state index is 0.305. The molecule has 2 heteroatoms. The minimum atomic E-state index is -1.77. The van der Waals surface area contributed by atoms with Crippen LogP contribution in [-0.4, -0.2) is 7.38 Å². The summed E-state index contributed by atoms with van der Waals surface area (Å²) in [6, 6.07) is 0. The molecule has 0 spiro atoms. The van der Waals surface area contributed by atoms with Gasteiger partial charge in [-0.05, 0) is 22.0 Å². The third kappa shape index (κ3) is 2.67. The molecule has 0 aliphatic rings. The highest BCUT2D eigenvalue weighted by atomic mass is 35.6. The predicted octanol–water partition coefficient (Wildman–Crippen LogP) is 6.21. The van der Waals surface area contributed by atoms with Crippen molar-refractivity contribution in [2.24, 2.45) is 5.92 Å². The van der Waals surface area contributed by atoms with E-state index in [1.54, 1.807) is 0 Å². The first-order valence-electron chi connectivity index (χ1n) is 6.85. The largest absolute Gasteiger partial charge is 0.167 e. The Morgan fingerprint density at radius 3 is 1.44 bits per heavy atom. The van der Waals surface area contributed by atoms with Gasteiger partial charge in [-0.3, -0.25) is 0 Å². The van der Waals surface area contributed by atoms with Crippen molar-refractivity contribution in [3.8, 4) is 0 Å². The average Bonchev–Trinajstić information content (AvgIpc) is 2.24. The van der Waals surface area contributed by atoms with Gasteiger partial charge in [0.2, 0.25) is 0 Å². The summed E-state index contributed by atoms with van der Waals surface area (Å²) >= 11 is 7.27. The van der Waals surface area contributed by atoms with Gasteiger partial charge in [-0.25, -0.2) is 0 Å². The van der Waals surface area contributed by atoms with Crippen molar-refractivity contribution >= 4 is 18.5 Å². The highest BCUT2D eigenvalue weighted by molar-refractivity contribution is 7.23. The standard InChI is InChI=1S/C14H31ClSi/c1-9-12(5)16(15,13(6)10-2)14(7,8)11(3)4/h11-13H,9-10H2,1-8H3. The van der Waals surface area contributed by atoms with Crippen LogP contribution in [0.15, 0.2) is 0 Å². The Hall–Kier alpha value is 0.507. The fourth-order valence-electron chi connectivity index (χ4n) is 2.79. The normalized spacial score (nSPS) is 20.6. The molecule has 2 atom stereocenters. The highest BCUT2D eigenvalue weighted by Gasteiger charge is 2.53. The molecule has 0 aliphatic carbocycles. The molecular weight excluding hydrogens is 232 g/mol. The molecule has 0 nitrogen and oxygen atoms in total. The van der Waals surface area contributed by atoms with Crippen molar-refractivity contribution in [2.45, 2.75) is 84.4 Å². The Morgan fingerprint density at radius 2 is 1.25 bits per heavy atom. The van der Waals surface area contributed by atoms with Gasteiger partial charge in [0, 0.05) is 0 Å². The van der Waals surface area contributed by atoms with Crippen molar-refractivity contribution in [3.05, 3.63) is 0 Å². The van der Waals surface area contributed by atoms with Gasteiger partial charge in [0.05, 0.1) is 0 Å². The molecule has 0 fully saturated rings. The van der Waals surface area contributed by atoms with Crippen LogP contribution in [0.25, 0.3) is 0 Å². The smallest absolute Gasteiger partial charge is 0.166 e. The maximum Gasteiger partial charge on any atom is 0.167 e. The van der Waals surface area contributed by atoms with E-state index < -0.39 is 7.38 Å². The van der Waals surface area contributed by atoms with Crippen LogP contribution in [0.2, 0.25) is 16.1 Å². The lowest BCUT2D eigenvalue weighted by Gasteiger charge is -2.50. The van der Waals surface area contributed by atoms with E-state index >= 15 is 0 Å². The first-order chi connectivity index (χ1) is 7.16. The molecule has 98 valence electrons. The zero-order chi connectivity index (χ0) is 13.1. The molecule has 0 aromatic carbocycles. The molecule has 16 heavy (non-hydrogen) atoms. The molecule has 0 radical (unpaired) electrons. The van der Waals surface area contributed by atoms with Crippen molar-refractivity contribution < 1.29 is 0 Å². The van der Waals surface area contributed by atoms with Crippen molar-refractivity contribution in [3.63, 3.8) is 0 Å². The molecule has 0 amide bonds. The van der Waals surface area contributed by atoms with Crippen LogP contribution in [0.3, 0.4) is 0 Å². The number of hydrogen-bond donors (Lipinski definition) is 0. The van der Waals surface area contributed by atoms with E-state index in [0.717, 1.165) is 0 Å². The Morgan fingerprint density at radius 1 is 0.938 bits per heavy atom. The zero-order valence-corrected chi connectivity index (χ0v) is 14.3. The molecule has 0 N–H and O–H groups in total. The molecule has 0 aliphatic heterocycles. The first-order valence-corrected chi connectivity index (χ1v) is 10.0. The molecular formula is C14H31ClSi. The van der Waals surface area contributed by atoms with Crippen LogP contribution < -0.4 is 0 Å². The Balaban J connectivity index is 5.39. The molecule has 0 saturated carbocycles. The molecule has 0 aromatic heterocycles. The summed E-state index contributed by atoms with van der Waals surface area (Å²) in [7, 11) is -1.77. The maximum atomic E-state index is 7.27. The van der Waals surface area contributed by atoms with Gasteiger partial charge >= 0.3 is 0 Å². The van der Waals surface area contributed by atoms with Crippen LogP contribution in [0.4, 0.5) is 0 Å². The maximum absolute atomic E-state index is 7.27. The van der Waals surface area contributed by atoms with Gasteiger partial charge in [0.25, 0.3) is 0 Å². The van der Waals surface area contributed by atoms with Crippen LogP contribution in [0, 0.1) is 5.92 Å². The quantitative estimate of drug-likeness (QED) is 0.394. The van der Waals surface area contributed by atoms with Gasteiger partial charge in [0.1, 0.15) is 0 Å². The summed E-state index contributed by atoms with van der Waals surface area (Å²) in [6.07, 6.45) is 2.44.